The highest BCUT2D eigenvalue weighted by Crippen LogP contribution is 2.39. The highest BCUT2D eigenvalue weighted by molar-refractivity contribution is 5.98. The Labute approximate surface area is 178 Å². The summed E-state index contributed by atoms with van der Waals surface area (Å²) in [6.07, 6.45) is 0.0445. The third-order valence-corrected chi connectivity index (χ3v) is 6.24. The number of carbonyl (C=O) groups is 1. The van der Waals surface area contributed by atoms with Gasteiger partial charge in [-0.25, -0.2) is 13.8 Å². The van der Waals surface area contributed by atoms with Crippen LogP contribution in [0.3, 0.4) is 0 Å². The average Bonchev–Trinajstić information content (AvgIpc) is 3.05. The van der Waals surface area contributed by atoms with Crippen molar-refractivity contribution in [1.29, 1.82) is 0 Å². The van der Waals surface area contributed by atoms with E-state index in [9.17, 15) is 18.7 Å². The van der Waals surface area contributed by atoms with Crippen LogP contribution in [0.5, 0.6) is 5.75 Å². The largest absolute Gasteiger partial charge is 0.488 e. The number of rotatable bonds is 3. The molecule has 0 bridgehead atoms. The lowest BCUT2D eigenvalue weighted by molar-refractivity contribution is -0.0962. The van der Waals surface area contributed by atoms with Gasteiger partial charge in [0.1, 0.15) is 12.8 Å². The summed E-state index contributed by atoms with van der Waals surface area (Å²) in [4.78, 5) is 22.0. The average molecular weight is 430 g/mol. The van der Waals surface area contributed by atoms with Gasteiger partial charge in [-0.2, -0.15) is 0 Å². The van der Waals surface area contributed by atoms with Crippen molar-refractivity contribution in [1.82, 2.24) is 14.8 Å². The summed E-state index contributed by atoms with van der Waals surface area (Å²) >= 11 is 0. The molecular weight excluding hydrogens is 406 g/mol. The third kappa shape index (κ3) is 3.61. The van der Waals surface area contributed by atoms with Gasteiger partial charge in [0.2, 0.25) is 0 Å². The van der Waals surface area contributed by atoms with Crippen molar-refractivity contribution in [3.63, 3.8) is 0 Å². The minimum absolute atomic E-state index is 0.0242. The lowest BCUT2D eigenvalue weighted by Gasteiger charge is -2.35. The molecule has 1 unspecified atom stereocenters. The van der Waals surface area contributed by atoms with Crippen LogP contribution in [0.2, 0.25) is 0 Å². The maximum atomic E-state index is 13.4. The Morgan fingerprint density at radius 2 is 1.97 bits per heavy atom. The van der Waals surface area contributed by atoms with Crippen LogP contribution in [0.15, 0.2) is 30.5 Å². The van der Waals surface area contributed by atoms with Crippen molar-refractivity contribution >= 4 is 17.4 Å². The van der Waals surface area contributed by atoms with E-state index >= 15 is 0 Å². The Morgan fingerprint density at radius 3 is 2.74 bits per heavy atom. The third-order valence-electron chi connectivity index (χ3n) is 6.24. The summed E-state index contributed by atoms with van der Waals surface area (Å²) in [6.45, 7) is 1.87. The van der Waals surface area contributed by atoms with Crippen LogP contribution in [0.4, 0.5) is 20.3 Å². The Bertz CT molecular complexity index is 1020. The second kappa shape index (κ2) is 7.42. The van der Waals surface area contributed by atoms with E-state index in [0.717, 1.165) is 16.8 Å². The minimum Gasteiger partial charge on any atom is -0.488 e. The summed E-state index contributed by atoms with van der Waals surface area (Å²) in [5.74, 6) is -1.47. The van der Waals surface area contributed by atoms with E-state index in [1.807, 2.05) is 23.1 Å². The maximum Gasteiger partial charge on any atom is 0.254 e. The summed E-state index contributed by atoms with van der Waals surface area (Å²) in [5, 5.41) is 10.7. The number of aliphatic hydroxyl groups is 1. The number of aromatic nitrogens is 1. The predicted molar refractivity (Wildman–Crippen MR) is 110 cm³/mol. The number of benzene rings is 1. The molecule has 4 heterocycles. The predicted octanol–water partition coefficient (Wildman–Crippen LogP) is 2.92. The second-order valence-corrected chi connectivity index (χ2v) is 8.36. The lowest BCUT2D eigenvalue weighted by Crippen LogP contribution is -2.41. The first-order valence-electron chi connectivity index (χ1n) is 10.4. The van der Waals surface area contributed by atoms with Crippen molar-refractivity contribution in [2.45, 2.75) is 31.5 Å². The molecule has 3 aliphatic rings. The summed E-state index contributed by atoms with van der Waals surface area (Å²) in [5.41, 5.74) is 3.14. The quantitative estimate of drug-likeness (QED) is 0.808. The first-order valence-corrected chi connectivity index (χ1v) is 10.4. The number of amides is 1. The zero-order chi connectivity index (χ0) is 21.8. The summed E-state index contributed by atoms with van der Waals surface area (Å²) < 4.78 is 32.7. The molecule has 31 heavy (non-hydrogen) atoms. The number of hydrogen-bond donors (Lipinski definition) is 1. The van der Waals surface area contributed by atoms with E-state index < -0.39 is 12.2 Å². The van der Waals surface area contributed by atoms with Crippen LogP contribution >= 0.6 is 0 Å². The van der Waals surface area contributed by atoms with Gasteiger partial charge in [0.15, 0.2) is 11.6 Å². The van der Waals surface area contributed by atoms with Gasteiger partial charge < -0.3 is 19.6 Å². The number of alkyl halides is 2. The zero-order valence-electron chi connectivity index (χ0n) is 17.2. The van der Waals surface area contributed by atoms with Gasteiger partial charge in [0.05, 0.1) is 6.54 Å². The van der Waals surface area contributed by atoms with E-state index in [1.54, 1.807) is 29.1 Å². The van der Waals surface area contributed by atoms with Crippen molar-refractivity contribution in [2.24, 2.45) is 0 Å². The topological polar surface area (TPSA) is 69.1 Å². The van der Waals surface area contributed by atoms with Crippen LogP contribution in [-0.2, 0) is 6.54 Å². The molecule has 9 heteroatoms. The zero-order valence-corrected chi connectivity index (χ0v) is 17.2. The summed E-state index contributed by atoms with van der Waals surface area (Å²) in [7, 11) is 1.78. The van der Waals surface area contributed by atoms with Crippen LogP contribution in [-0.4, -0.2) is 65.0 Å². The molecule has 2 aromatic rings. The smallest absolute Gasteiger partial charge is 0.254 e. The normalized spacial score (nSPS) is 21.5. The molecule has 164 valence electrons. The number of fused-ring (bicyclic) bond motifs is 2. The molecule has 3 aliphatic heterocycles. The fraction of sp³-hybridized carbons (Fsp3) is 0.455. The number of piperidine rings is 1. The van der Waals surface area contributed by atoms with Crippen LogP contribution in [0.25, 0.3) is 0 Å². The number of aliphatic hydroxyl groups excluding tert-OH is 1. The molecule has 0 saturated carbocycles. The maximum absolute atomic E-state index is 13.4. The van der Waals surface area contributed by atoms with E-state index in [2.05, 4.69) is 4.98 Å². The number of carbonyl (C=O) groups excluding carboxylic acids is 1. The number of nitrogens with zero attached hydrogens (tertiary/aromatic N) is 4. The fourth-order valence-corrected chi connectivity index (χ4v) is 4.43. The molecule has 5 rings (SSSR count). The molecule has 0 radical (unpaired) electrons. The molecule has 1 N–H and O–H groups in total. The molecule has 0 spiro atoms. The van der Waals surface area contributed by atoms with E-state index in [4.69, 9.17) is 4.74 Å². The Morgan fingerprint density at radius 1 is 1.19 bits per heavy atom. The number of hydrogen-bond acceptors (Lipinski definition) is 6. The number of pyridine rings is 1. The number of likely N-dealkylation sites (tertiary alicyclic amines) is 1. The second-order valence-electron chi connectivity index (χ2n) is 8.36. The number of anilines is 2. The Hall–Kier alpha value is -2.78. The molecule has 1 atom stereocenters. The van der Waals surface area contributed by atoms with Gasteiger partial charge in [-0.05, 0) is 29.8 Å². The Balaban J connectivity index is 1.39. The van der Waals surface area contributed by atoms with Gasteiger partial charge >= 0.3 is 0 Å². The van der Waals surface area contributed by atoms with Crippen LogP contribution < -0.4 is 9.64 Å². The molecule has 1 aromatic heterocycles. The highest BCUT2D eigenvalue weighted by Gasteiger charge is 2.36. The van der Waals surface area contributed by atoms with Gasteiger partial charge in [0.25, 0.3) is 11.8 Å². The van der Waals surface area contributed by atoms with E-state index in [-0.39, 0.29) is 31.8 Å². The minimum atomic E-state index is -2.66. The Kier molecular flexibility index (Phi) is 4.82. The van der Waals surface area contributed by atoms with Gasteiger partial charge in [-0.1, -0.05) is 0 Å². The van der Waals surface area contributed by atoms with E-state index in [1.165, 1.54) is 0 Å². The molecule has 7 nitrogen and oxygen atoms in total. The van der Waals surface area contributed by atoms with Crippen molar-refractivity contribution in [3.05, 3.63) is 47.2 Å². The van der Waals surface area contributed by atoms with Gasteiger partial charge in [-0.3, -0.25) is 9.69 Å². The fourth-order valence-electron chi connectivity index (χ4n) is 4.43. The standard InChI is InChI=1S/C22H24F2N4O3/c1-26-13-15-10-16(2-3-17(15)21(26)30)28-8-9-31-18-11-14(12-25-19(18)28)20(29)27-6-4-22(23,24)5-7-27/h2-3,10-12,20,29H,4-9,13H2,1H3. The van der Waals surface area contributed by atoms with Gasteiger partial charge in [-0.15, -0.1) is 0 Å². The van der Waals surface area contributed by atoms with Crippen LogP contribution in [0.1, 0.15) is 40.6 Å². The highest BCUT2D eigenvalue weighted by atomic mass is 19.3. The number of halogens is 2. The SMILES string of the molecule is CN1Cc2cc(N3CCOc4cc(C(O)N5CCC(F)(F)CC5)cnc43)ccc2C1=O. The molecule has 1 fully saturated rings. The van der Waals surface area contributed by atoms with Crippen LogP contribution in [0, 0.1) is 0 Å². The molecule has 1 amide bonds. The molecule has 0 aliphatic carbocycles. The van der Waals surface area contributed by atoms with Crippen molar-refractivity contribution < 1.29 is 23.4 Å². The van der Waals surface area contributed by atoms with Crippen molar-refractivity contribution in [3.8, 4) is 5.75 Å². The monoisotopic (exact) mass is 430 g/mol. The first kappa shape index (κ1) is 20.1. The van der Waals surface area contributed by atoms with E-state index in [0.29, 0.717) is 36.8 Å². The molecular formula is C22H24F2N4O3. The lowest BCUT2D eigenvalue weighted by atomic mass is 10.1. The summed E-state index contributed by atoms with van der Waals surface area (Å²) in [6, 6.07) is 7.49. The molecule has 1 aromatic carbocycles. The van der Waals surface area contributed by atoms with Crippen molar-refractivity contribution in [2.75, 3.05) is 38.2 Å². The number of ether oxygens (including phenoxy) is 1. The van der Waals surface area contributed by atoms with Gasteiger partial charge in [0, 0.05) is 62.5 Å². The first-order chi connectivity index (χ1) is 14.8. The molecule has 1 saturated heterocycles.